The van der Waals surface area contributed by atoms with Crippen molar-refractivity contribution in [3.8, 4) is 0 Å². The summed E-state index contributed by atoms with van der Waals surface area (Å²) in [5.41, 5.74) is 7.78. The van der Waals surface area contributed by atoms with Gasteiger partial charge in [0, 0.05) is 7.11 Å². The maximum Gasteiger partial charge on any atom is 0.146 e. The molecule has 16 heavy (non-hydrogen) atoms. The van der Waals surface area contributed by atoms with Crippen molar-refractivity contribution in [1.29, 1.82) is 0 Å². The first-order chi connectivity index (χ1) is 7.65. The summed E-state index contributed by atoms with van der Waals surface area (Å²) in [6.07, 6.45) is -0.560. The predicted molar refractivity (Wildman–Crippen MR) is 61.7 cm³/mol. The van der Waals surface area contributed by atoms with E-state index in [2.05, 4.69) is 0 Å². The van der Waals surface area contributed by atoms with Crippen molar-refractivity contribution in [2.75, 3.05) is 13.9 Å². The third kappa shape index (κ3) is 3.90. The zero-order valence-electron chi connectivity index (χ0n) is 9.72. The smallest absolute Gasteiger partial charge is 0.146 e. The Kier molecular flexibility index (Phi) is 5.42. The molecule has 4 nitrogen and oxygen atoms in total. The highest BCUT2D eigenvalue weighted by Crippen LogP contribution is 2.16. The molecule has 3 N–H and O–H groups in total. The lowest BCUT2D eigenvalue weighted by Crippen LogP contribution is -2.23. The number of ether oxygens (including phenoxy) is 2. The van der Waals surface area contributed by atoms with Gasteiger partial charge in [-0.25, -0.2) is 0 Å². The van der Waals surface area contributed by atoms with Crippen LogP contribution in [0.4, 0.5) is 0 Å². The van der Waals surface area contributed by atoms with Gasteiger partial charge in [-0.2, -0.15) is 0 Å². The van der Waals surface area contributed by atoms with Gasteiger partial charge in [-0.15, -0.1) is 0 Å². The molecular formula is C12H19NO3. The van der Waals surface area contributed by atoms with E-state index in [1.807, 2.05) is 24.3 Å². The minimum absolute atomic E-state index is 0.271. The molecule has 1 rings (SSSR count). The maximum absolute atomic E-state index is 9.40. The molecule has 1 aromatic rings. The Balaban J connectivity index is 2.63. The minimum Gasteiger partial charge on any atom is -0.391 e. The molecule has 2 atom stereocenters. The van der Waals surface area contributed by atoms with Crippen LogP contribution in [0.1, 0.15) is 24.1 Å². The molecule has 0 aliphatic carbocycles. The third-order valence-corrected chi connectivity index (χ3v) is 2.33. The molecule has 0 unspecified atom stereocenters. The number of nitrogens with two attached hydrogens (primary N) is 1. The van der Waals surface area contributed by atoms with Crippen molar-refractivity contribution in [3.05, 3.63) is 35.4 Å². The van der Waals surface area contributed by atoms with E-state index in [0.29, 0.717) is 6.61 Å². The van der Waals surface area contributed by atoms with E-state index in [-0.39, 0.29) is 12.8 Å². The summed E-state index contributed by atoms with van der Waals surface area (Å²) < 4.78 is 10.0. The van der Waals surface area contributed by atoms with Gasteiger partial charge in [-0.3, -0.25) is 0 Å². The summed E-state index contributed by atoms with van der Waals surface area (Å²) in [5, 5.41) is 9.40. The average Bonchev–Trinajstić information content (AvgIpc) is 2.29. The largest absolute Gasteiger partial charge is 0.391 e. The molecule has 90 valence electrons. The van der Waals surface area contributed by atoms with Gasteiger partial charge >= 0.3 is 0 Å². The van der Waals surface area contributed by atoms with Crippen LogP contribution < -0.4 is 5.73 Å². The molecule has 0 aromatic heterocycles. The highest BCUT2D eigenvalue weighted by atomic mass is 16.7. The zero-order valence-corrected chi connectivity index (χ0v) is 9.72. The molecule has 0 amide bonds. The summed E-state index contributed by atoms with van der Waals surface area (Å²) in [4.78, 5) is 0. The minimum atomic E-state index is -0.560. The van der Waals surface area contributed by atoms with Crippen molar-refractivity contribution >= 4 is 0 Å². The van der Waals surface area contributed by atoms with E-state index < -0.39 is 6.10 Å². The third-order valence-electron chi connectivity index (χ3n) is 2.33. The van der Waals surface area contributed by atoms with Crippen LogP contribution in [0.25, 0.3) is 0 Å². The van der Waals surface area contributed by atoms with Gasteiger partial charge in [0.25, 0.3) is 0 Å². The predicted octanol–water partition coefficient (Wildman–Crippen LogP) is 1.19. The lowest BCUT2D eigenvalue weighted by Gasteiger charge is -2.15. The summed E-state index contributed by atoms with van der Waals surface area (Å²) in [5.74, 6) is 0. The lowest BCUT2D eigenvalue weighted by atomic mass is 10.0. The molecule has 0 heterocycles. The number of benzene rings is 1. The second-order valence-electron chi connectivity index (χ2n) is 3.77. The van der Waals surface area contributed by atoms with E-state index in [1.54, 1.807) is 14.0 Å². The first kappa shape index (κ1) is 13.1. The Labute approximate surface area is 96.0 Å². The Bertz CT molecular complexity index is 315. The molecule has 0 spiro atoms. The molecular weight excluding hydrogens is 206 g/mol. The maximum atomic E-state index is 9.40. The van der Waals surface area contributed by atoms with Crippen LogP contribution in [0.5, 0.6) is 0 Å². The van der Waals surface area contributed by atoms with Gasteiger partial charge in [0.15, 0.2) is 0 Å². The molecule has 0 saturated carbocycles. The Morgan fingerprint density at radius 2 is 2.19 bits per heavy atom. The fourth-order valence-corrected chi connectivity index (χ4v) is 1.41. The topological polar surface area (TPSA) is 64.7 Å². The summed E-state index contributed by atoms with van der Waals surface area (Å²) >= 11 is 0. The summed E-state index contributed by atoms with van der Waals surface area (Å²) in [6.45, 7) is 2.43. The molecule has 0 saturated heterocycles. The zero-order chi connectivity index (χ0) is 12.0. The summed E-state index contributed by atoms with van der Waals surface area (Å²) in [7, 11) is 1.58. The Hall–Kier alpha value is -0.940. The van der Waals surface area contributed by atoms with Crippen LogP contribution in [0.3, 0.4) is 0 Å². The van der Waals surface area contributed by atoms with Gasteiger partial charge in [-0.1, -0.05) is 24.3 Å². The number of methoxy groups -OCH3 is 1. The van der Waals surface area contributed by atoms with Crippen molar-refractivity contribution in [3.63, 3.8) is 0 Å². The Morgan fingerprint density at radius 1 is 1.44 bits per heavy atom. The number of hydrogen-bond acceptors (Lipinski definition) is 4. The normalized spacial score (nSPS) is 14.8. The number of aliphatic hydroxyl groups is 1. The van der Waals surface area contributed by atoms with Crippen LogP contribution in [-0.4, -0.2) is 25.1 Å². The van der Waals surface area contributed by atoms with Gasteiger partial charge in [-0.05, 0) is 18.1 Å². The lowest BCUT2D eigenvalue weighted by molar-refractivity contribution is -0.0390. The van der Waals surface area contributed by atoms with Crippen LogP contribution >= 0.6 is 0 Å². The number of aliphatic hydroxyl groups excluding tert-OH is 1. The van der Waals surface area contributed by atoms with Crippen LogP contribution in [0, 0.1) is 0 Å². The SMILES string of the molecule is COCOCc1cccc([C@@H](N)[C@H](C)O)c1. The van der Waals surface area contributed by atoms with Crippen LogP contribution in [0.15, 0.2) is 24.3 Å². The second kappa shape index (κ2) is 6.60. The van der Waals surface area contributed by atoms with E-state index >= 15 is 0 Å². The van der Waals surface area contributed by atoms with E-state index in [0.717, 1.165) is 11.1 Å². The van der Waals surface area contributed by atoms with E-state index in [1.165, 1.54) is 0 Å². The van der Waals surface area contributed by atoms with Crippen LogP contribution in [0.2, 0.25) is 0 Å². The first-order valence-electron chi connectivity index (χ1n) is 5.24. The van der Waals surface area contributed by atoms with Crippen LogP contribution in [-0.2, 0) is 16.1 Å². The van der Waals surface area contributed by atoms with Gasteiger partial charge in [0.2, 0.25) is 0 Å². The van der Waals surface area contributed by atoms with Crippen molar-refractivity contribution in [2.24, 2.45) is 5.73 Å². The fraction of sp³-hybridized carbons (Fsp3) is 0.500. The van der Waals surface area contributed by atoms with Gasteiger partial charge < -0.3 is 20.3 Å². The van der Waals surface area contributed by atoms with Gasteiger partial charge in [0.05, 0.1) is 18.8 Å². The molecule has 4 heteroatoms. The first-order valence-corrected chi connectivity index (χ1v) is 5.24. The molecule has 0 radical (unpaired) electrons. The molecule has 0 aliphatic heterocycles. The second-order valence-corrected chi connectivity index (χ2v) is 3.77. The summed E-state index contributed by atoms with van der Waals surface area (Å²) in [6, 6.07) is 7.34. The molecule has 0 fully saturated rings. The van der Waals surface area contributed by atoms with E-state index in [4.69, 9.17) is 15.2 Å². The fourth-order valence-electron chi connectivity index (χ4n) is 1.41. The monoisotopic (exact) mass is 225 g/mol. The van der Waals surface area contributed by atoms with E-state index in [9.17, 15) is 5.11 Å². The number of rotatable bonds is 6. The average molecular weight is 225 g/mol. The number of hydrogen-bond donors (Lipinski definition) is 2. The van der Waals surface area contributed by atoms with Gasteiger partial charge in [0.1, 0.15) is 6.79 Å². The molecule has 1 aromatic carbocycles. The Morgan fingerprint density at radius 3 is 2.81 bits per heavy atom. The quantitative estimate of drug-likeness (QED) is 0.564. The highest BCUT2D eigenvalue weighted by Gasteiger charge is 2.11. The molecule has 0 bridgehead atoms. The molecule has 0 aliphatic rings. The standard InChI is InChI=1S/C12H19NO3/c1-9(14)12(13)11-5-3-4-10(6-11)7-16-8-15-2/h3-6,9,12,14H,7-8,13H2,1-2H3/t9-,12-/m0/s1. The highest BCUT2D eigenvalue weighted by molar-refractivity contribution is 5.26. The van der Waals surface area contributed by atoms with Crippen molar-refractivity contribution in [2.45, 2.75) is 25.7 Å². The van der Waals surface area contributed by atoms with Crippen molar-refractivity contribution in [1.82, 2.24) is 0 Å². The van der Waals surface area contributed by atoms with Crippen molar-refractivity contribution < 1.29 is 14.6 Å².